The fourth-order valence-electron chi connectivity index (χ4n) is 1.39. The lowest BCUT2D eigenvalue weighted by Gasteiger charge is -2.13. The van der Waals surface area contributed by atoms with Crippen LogP contribution in [-0.4, -0.2) is 4.98 Å². The monoisotopic (exact) mass is 332 g/mol. The Hall–Kier alpha value is -1.76. The van der Waals surface area contributed by atoms with Crippen LogP contribution in [0.4, 0.5) is 18.9 Å². The number of rotatable bonds is 2. The summed E-state index contributed by atoms with van der Waals surface area (Å²) < 4.78 is 43.9. The lowest BCUT2D eigenvalue weighted by molar-refractivity contribution is -0.138. The molecule has 0 saturated carbocycles. The number of benzene rings is 1. The lowest BCUT2D eigenvalue weighted by atomic mass is 10.2. The van der Waals surface area contributed by atoms with E-state index in [2.05, 4.69) is 20.9 Å². The van der Waals surface area contributed by atoms with Gasteiger partial charge < -0.3 is 10.5 Å². The van der Waals surface area contributed by atoms with Crippen molar-refractivity contribution in [2.45, 2.75) is 6.18 Å². The van der Waals surface area contributed by atoms with Gasteiger partial charge in [0.2, 0.25) is 5.88 Å². The zero-order valence-electron chi connectivity index (χ0n) is 9.41. The number of anilines is 1. The Morgan fingerprint density at radius 1 is 1.21 bits per heavy atom. The van der Waals surface area contributed by atoms with E-state index in [1.54, 1.807) is 12.1 Å². The van der Waals surface area contributed by atoms with Gasteiger partial charge in [0.15, 0.2) is 5.75 Å². The Morgan fingerprint density at radius 3 is 2.53 bits per heavy atom. The van der Waals surface area contributed by atoms with Gasteiger partial charge in [-0.2, -0.15) is 13.2 Å². The molecule has 100 valence electrons. The number of hydrogen-bond acceptors (Lipinski definition) is 3. The number of ether oxygens (including phenoxy) is 1. The second kappa shape index (κ2) is 5.08. The summed E-state index contributed by atoms with van der Waals surface area (Å²) in [5.74, 6) is -0.406. The molecule has 2 N–H and O–H groups in total. The summed E-state index contributed by atoms with van der Waals surface area (Å²) in [6.07, 6.45) is -3.33. The highest BCUT2D eigenvalue weighted by Crippen LogP contribution is 2.38. The third-order valence-electron chi connectivity index (χ3n) is 2.25. The maximum Gasteiger partial charge on any atom is 0.421 e. The minimum Gasteiger partial charge on any atom is -0.436 e. The first-order valence-corrected chi connectivity index (χ1v) is 5.92. The Balaban J connectivity index is 2.44. The molecular formula is C12H8BrF3N2O. The van der Waals surface area contributed by atoms with Crippen LogP contribution >= 0.6 is 15.9 Å². The van der Waals surface area contributed by atoms with E-state index in [0.717, 1.165) is 6.07 Å². The van der Waals surface area contributed by atoms with Crippen molar-refractivity contribution in [3.63, 3.8) is 0 Å². The first kappa shape index (κ1) is 13.7. The average molecular weight is 333 g/mol. The number of pyridine rings is 1. The van der Waals surface area contributed by atoms with E-state index < -0.39 is 17.6 Å². The Kier molecular flexibility index (Phi) is 3.66. The van der Waals surface area contributed by atoms with Gasteiger partial charge in [0.25, 0.3) is 0 Å². The quantitative estimate of drug-likeness (QED) is 0.837. The number of nitrogens with zero attached hydrogens (tertiary/aromatic N) is 1. The van der Waals surface area contributed by atoms with Crippen molar-refractivity contribution < 1.29 is 17.9 Å². The van der Waals surface area contributed by atoms with Crippen molar-refractivity contribution in [3.05, 3.63) is 46.6 Å². The molecule has 2 aromatic rings. The molecule has 0 spiro atoms. The average Bonchev–Trinajstić information content (AvgIpc) is 2.33. The predicted octanol–water partition coefficient (Wildman–Crippen LogP) is 4.24. The zero-order valence-corrected chi connectivity index (χ0v) is 11.0. The molecule has 0 saturated heterocycles. The molecule has 0 atom stereocenters. The largest absolute Gasteiger partial charge is 0.436 e. The molecular weight excluding hydrogens is 325 g/mol. The number of aromatic nitrogens is 1. The normalized spacial score (nSPS) is 11.4. The third-order valence-corrected chi connectivity index (χ3v) is 2.68. The van der Waals surface area contributed by atoms with Crippen LogP contribution in [0.5, 0.6) is 11.6 Å². The van der Waals surface area contributed by atoms with Gasteiger partial charge >= 0.3 is 6.18 Å². The second-order valence-electron chi connectivity index (χ2n) is 3.64. The second-order valence-corrected chi connectivity index (χ2v) is 4.56. The standard InChI is InChI=1S/C12H8BrF3N2O/c13-7-5-8(12(14,15)16)11(18-6-7)19-10-4-2-1-3-9(10)17/h1-6H,17H2. The number of para-hydroxylation sites is 2. The number of hydrogen-bond donors (Lipinski definition) is 1. The number of halogens is 4. The maximum atomic E-state index is 12.9. The van der Waals surface area contributed by atoms with Gasteiger partial charge in [-0.25, -0.2) is 4.98 Å². The fraction of sp³-hybridized carbons (Fsp3) is 0.0833. The molecule has 0 amide bonds. The van der Waals surface area contributed by atoms with Crippen LogP contribution in [0.15, 0.2) is 41.0 Å². The molecule has 0 unspecified atom stereocenters. The molecule has 0 fully saturated rings. The van der Waals surface area contributed by atoms with Crippen LogP contribution in [0.25, 0.3) is 0 Å². The highest BCUT2D eigenvalue weighted by molar-refractivity contribution is 9.10. The van der Waals surface area contributed by atoms with Crippen LogP contribution in [-0.2, 0) is 6.18 Å². The van der Waals surface area contributed by atoms with Gasteiger partial charge in [-0.3, -0.25) is 0 Å². The SMILES string of the molecule is Nc1ccccc1Oc1ncc(Br)cc1C(F)(F)F. The van der Waals surface area contributed by atoms with Crippen LogP contribution < -0.4 is 10.5 Å². The summed E-state index contributed by atoms with van der Waals surface area (Å²) >= 11 is 2.95. The number of nitrogen functional groups attached to an aromatic ring is 1. The molecule has 1 aromatic carbocycles. The molecule has 0 aliphatic carbocycles. The van der Waals surface area contributed by atoms with E-state index >= 15 is 0 Å². The summed E-state index contributed by atoms with van der Waals surface area (Å²) in [5.41, 5.74) is 4.88. The molecule has 3 nitrogen and oxygen atoms in total. The molecule has 7 heteroatoms. The Bertz CT molecular complexity index is 602. The fourth-order valence-corrected chi connectivity index (χ4v) is 1.72. The van der Waals surface area contributed by atoms with Crippen molar-refractivity contribution >= 4 is 21.6 Å². The molecule has 19 heavy (non-hydrogen) atoms. The first-order chi connectivity index (χ1) is 8.88. The Morgan fingerprint density at radius 2 is 1.89 bits per heavy atom. The van der Waals surface area contributed by atoms with E-state index in [4.69, 9.17) is 10.5 Å². The summed E-state index contributed by atoms with van der Waals surface area (Å²) in [6, 6.07) is 7.17. The van der Waals surface area contributed by atoms with Crippen LogP contribution in [0.2, 0.25) is 0 Å². The van der Waals surface area contributed by atoms with E-state index in [0.29, 0.717) is 0 Å². The van der Waals surface area contributed by atoms with Crippen molar-refractivity contribution in [2.75, 3.05) is 5.73 Å². The summed E-state index contributed by atoms with van der Waals surface area (Å²) in [4.78, 5) is 3.64. The summed E-state index contributed by atoms with van der Waals surface area (Å²) in [5, 5.41) is 0. The first-order valence-electron chi connectivity index (χ1n) is 5.13. The van der Waals surface area contributed by atoms with E-state index in [1.807, 2.05) is 0 Å². The van der Waals surface area contributed by atoms with Crippen molar-refractivity contribution in [3.8, 4) is 11.6 Å². The van der Waals surface area contributed by atoms with E-state index in [-0.39, 0.29) is 15.9 Å². The minimum absolute atomic E-state index is 0.128. The van der Waals surface area contributed by atoms with Crippen LogP contribution in [0.1, 0.15) is 5.56 Å². The third kappa shape index (κ3) is 3.17. The van der Waals surface area contributed by atoms with Gasteiger partial charge in [0, 0.05) is 10.7 Å². The van der Waals surface area contributed by atoms with Gasteiger partial charge in [-0.15, -0.1) is 0 Å². The highest BCUT2D eigenvalue weighted by Gasteiger charge is 2.36. The van der Waals surface area contributed by atoms with Gasteiger partial charge in [0.05, 0.1) is 5.69 Å². The lowest BCUT2D eigenvalue weighted by Crippen LogP contribution is -2.08. The molecule has 0 bridgehead atoms. The van der Waals surface area contributed by atoms with Crippen molar-refractivity contribution in [2.24, 2.45) is 0 Å². The van der Waals surface area contributed by atoms with Crippen molar-refractivity contribution in [1.82, 2.24) is 4.98 Å². The van der Waals surface area contributed by atoms with E-state index in [1.165, 1.54) is 18.3 Å². The number of nitrogens with two attached hydrogens (primary N) is 1. The zero-order chi connectivity index (χ0) is 14.0. The minimum atomic E-state index is -4.56. The van der Waals surface area contributed by atoms with Crippen LogP contribution in [0.3, 0.4) is 0 Å². The van der Waals surface area contributed by atoms with Crippen molar-refractivity contribution in [1.29, 1.82) is 0 Å². The van der Waals surface area contributed by atoms with E-state index in [9.17, 15) is 13.2 Å². The topological polar surface area (TPSA) is 48.1 Å². The Labute approximate surface area is 115 Å². The molecule has 1 heterocycles. The van der Waals surface area contributed by atoms with Gasteiger partial charge in [0.1, 0.15) is 5.56 Å². The summed E-state index contributed by atoms with van der Waals surface area (Å²) in [7, 11) is 0. The predicted molar refractivity (Wildman–Crippen MR) is 67.9 cm³/mol. The number of alkyl halides is 3. The van der Waals surface area contributed by atoms with Crippen LogP contribution in [0, 0.1) is 0 Å². The molecule has 2 rings (SSSR count). The smallest absolute Gasteiger partial charge is 0.421 e. The van der Waals surface area contributed by atoms with Gasteiger partial charge in [-0.1, -0.05) is 12.1 Å². The van der Waals surface area contributed by atoms with Gasteiger partial charge in [-0.05, 0) is 34.1 Å². The highest BCUT2D eigenvalue weighted by atomic mass is 79.9. The molecule has 1 aromatic heterocycles. The maximum absolute atomic E-state index is 12.9. The molecule has 0 aliphatic rings. The summed E-state index contributed by atoms with van der Waals surface area (Å²) in [6.45, 7) is 0. The molecule has 0 radical (unpaired) electrons. The molecule has 0 aliphatic heterocycles.